The summed E-state index contributed by atoms with van der Waals surface area (Å²) in [5.41, 5.74) is -0.239. The number of H-pyrrole nitrogens is 1. The maximum absolute atomic E-state index is 11.9. The molecule has 2 rings (SSSR count). The van der Waals surface area contributed by atoms with Gasteiger partial charge in [0.05, 0.1) is 24.5 Å². The standard InChI is InChI=1S/C12H11N3O5S2/c1-20-11(19)6-2-3-21-10(6)13-9(18)5-22-12-14-7(16)4-8(17)15-12/h2-4H,5H2,1H3,(H,13,18)(H2,14,15,16,17). The first-order chi connectivity index (χ1) is 10.5. The lowest BCUT2D eigenvalue weighted by Gasteiger charge is -2.05. The summed E-state index contributed by atoms with van der Waals surface area (Å²) in [5.74, 6) is -1.39. The predicted molar refractivity (Wildman–Crippen MR) is 81.5 cm³/mol. The number of nitrogens with one attached hydrogen (secondary N) is 2. The van der Waals surface area contributed by atoms with E-state index in [0.717, 1.165) is 17.8 Å². The van der Waals surface area contributed by atoms with Crippen LogP contribution in [0.4, 0.5) is 5.00 Å². The number of aromatic hydroxyl groups is 1. The monoisotopic (exact) mass is 341 g/mol. The van der Waals surface area contributed by atoms with E-state index in [4.69, 9.17) is 0 Å². The molecule has 2 aromatic heterocycles. The van der Waals surface area contributed by atoms with Crippen LogP contribution in [-0.2, 0) is 9.53 Å². The number of nitrogens with zero attached hydrogens (tertiary/aromatic N) is 1. The molecule has 2 heterocycles. The molecule has 116 valence electrons. The summed E-state index contributed by atoms with van der Waals surface area (Å²) < 4.78 is 4.61. The molecule has 0 aliphatic heterocycles. The van der Waals surface area contributed by atoms with Crippen molar-refractivity contribution in [2.75, 3.05) is 18.2 Å². The van der Waals surface area contributed by atoms with E-state index in [2.05, 4.69) is 20.0 Å². The van der Waals surface area contributed by atoms with Gasteiger partial charge in [-0.15, -0.1) is 11.3 Å². The van der Waals surface area contributed by atoms with Gasteiger partial charge in [0, 0.05) is 0 Å². The number of carbonyl (C=O) groups excluding carboxylic acids is 2. The van der Waals surface area contributed by atoms with Crippen molar-refractivity contribution in [1.29, 1.82) is 0 Å². The molecule has 0 fully saturated rings. The number of rotatable bonds is 5. The smallest absolute Gasteiger partial charge is 0.340 e. The fourth-order valence-corrected chi connectivity index (χ4v) is 2.93. The fourth-order valence-electron chi connectivity index (χ4n) is 1.46. The van der Waals surface area contributed by atoms with Gasteiger partial charge in [-0.05, 0) is 11.4 Å². The van der Waals surface area contributed by atoms with Crippen LogP contribution in [0.5, 0.6) is 5.88 Å². The molecule has 0 saturated heterocycles. The van der Waals surface area contributed by atoms with E-state index >= 15 is 0 Å². The average molecular weight is 341 g/mol. The Bertz CT molecular complexity index is 755. The largest absolute Gasteiger partial charge is 0.493 e. The second-order valence-corrected chi connectivity index (χ2v) is 5.78. The van der Waals surface area contributed by atoms with Crippen LogP contribution < -0.4 is 10.9 Å². The summed E-state index contributed by atoms with van der Waals surface area (Å²) >= 11 is 2.14. The number of esters is 1. The zero-order valence-electron chi connectivity index (χ0n) is 11.3. The number of hydrogen-bond acceptors (Lipinski definition) is 8. The molecule has 0 saturated carbocycles. The van der Waals surface area contributed by atoms with Crippen LogP contribution in [0.15, 0.2) is 27.5 Å². The van der Waals surface area contributed by atoms with Gasteiger partial charge in [0.2, 0.25) is 11.8 Å². The van der Waals surface area contributed by atoms with Gasteiger partial charge in [0.15, 0.2) is 5.16 Å². The summed E-state index contributed by atoms with van der Waals surface area (Å²) in [6.45, 7) is 0. The molecule has 0 atom stereocenters. The summed E-state index contributed by atoms with van der Waals surface area (Å²) in [6, 6.07) is 2.48. The van der Waals surface area contributed by atoms with Crippen LogP contribution >= 0.6 is 23.1 Å². The molecule has 22 heavy (non-hydrogen) atoms. The van der Waals surface area contributed by atoms with E-state index in [-0.39, 0.29) is 22.4 Å². The maximum atomic E-state index is 11.9. The number of ether oxygens (including phenoxy) is 1. The van der Waals surface area contributed by atoms with Crippen LogP contribution in [-0.4, -0.2) is 39.8 Å². The second-order valence-electron chi connectivity index (χ2n) is 3.90. The van der Waals surface area contributed by atoms with Gasteiger partial charge in [-0.25, -0.2) is 4.79 Å². The highest BCUT2D eigenvalue weighted by Gasteiger charge is 2.15. The number of carbonyl (C=O) groups is 2. The third-order valence-corrected chi connectivity index (χ3v) is 4.07. The highest BCUT2D eigenvalue weighted by atomic mass is 32.2. The van der Waals surface area contributed by atoms with Gasteiger partial charge in [-0.2, -0.15) is 4.98 Å². The van der Waals surface area contributed by atoms with Crippen molar-refractivity contribution in [2.24, 2.45) is 0 Å². The summed E-state index contributed by atoms with van der Waals surface area (Å²) in [6.07, 6.45) is 0. The van der Waals surface area contributed by atoms with Crippen molar-refractivity contribution in [3.63, 3.8) is 0 Å². The predicted octanol–water partition coefficient (Wildman–Crippen LogP) is 1.05. The third kappa shape index (κ3) is 4.09. The molecule has 0 unspecified atom stereocenters. The topological polar surface area (TPSA) is 121 Å². The maximum Gasteiger partial charge on any atom is 0.340 e. The number of amides is 1. The Kier molecular flexibility index (Phi) is 5.17. The molecule has 3 N–H and O–H groups in total. The Morgan fingerprint density at radius 1 is 1.55 bits per heavy atom. The Hall–Kier alpha value is -2.33. The first-order valence-corrected chi connectivity index (χ1v) is 7.75. The van der Waals surface area contributed by atoms with Crippen LogP contribution in [0.2, 0.25) is 0 Å². The van der Waals surface area contributed by atoms with Crippen molar-refractivity contribution in [2.45, 2.75) is 5.16 Å². The molecule has 10 heteroatoms. The molecule has 0 aliphatic carbocycles. The van der Waals surface area contributed by atoms with E-state index in [0.29, 0.717) is 5.00 Å². The lowest BCUT2D eigenvalue weighted by atomic mass is 10.3. The lowest BCUT2D eigenvalue weighted by molar-refractivity contribution is -0.113. The van der Waals surface area contributed by atoms with Gasteiger partial charge in [-0.1, -0.05) is 11.8 Å². The Morgan fingerprint density at radius 2 is 2.32 bits per heavy atom. The van der Waals surface area contributed by atoms with Crippen molar-refractivity contribution >= 4 is 40.0 Å². The third-order valence-electron chi connectivity index (χ3n) is 2.37. The number of anilines is 1. The normalized spacial score (nSPS) is 10.2. The molecular weight excluding hydrogens is 330 g/mol. The summed E-state index contributed by atoms with van der Waals surface area (Å²) in [4.78, 5) is 40.5. The van der Waals surface area contributed by atoms with E-state index in [1.165, 1.54) is 18.4 Å². The molecule has 0 bridgehead atoms. The van der Waals surface area contributed by atoms with Crippen LogP contribution in [0, 0.1) is 0 Å². The average Bonchev–Trinajstić information content (AvgIpc) is 2.91. The van der Waals surface area contributed by atoms with E-state index in [1.54, 1.807) is 11.4 Å². The zero-order valence-corrected chi connectivity index (χ0v) is 12.9. The van der Waals surface area contributed by atoms with E-state index < -0.39 is 17.4 Å². The SMILES string of the molecule is COC(=O)c1ccsc1NC(=O)CSc1nc(O)cc(=O)[nH]1. The van der Waals surface area contributed by atoms with Crippen LogP contribution in [0.1, 0.15) is 10.4 Å². The first-order valence-electron chi connectivity index (χ1n) is 5.88. The van der Waals surface area contributed by atoms with Crippen LogP contribution in [0.3, 0.4) is 0 Å². The molecule has 0 spiro atoms. The number of methoxy groups -OCH3 is 1. The number of aromatic nitrogens is 2. The molecule has 8 nitrogen and oxygen atoms in total. The fraction of sp³-hybridized carbons (Fsp3) is 0.167. The number of hydrogen-bond donors (Lipinski definition) is 3. The highest BCUT2D eigenvalue weighted by Crippen LogP contribution is 2.24. The van der Waals surface area contributed by atoms with Crippen molar-refractivity contribution in [3.8, 4) is 5.88 Å². The molecule has 0 aromatic carbocycles. The van der Waals surface area contributed by atoms with E-state index in [1.807, 2.05) is 0 Å². The Balaban J connectivity index is 1.97. The second kappa shape index (κ2) is 7.09. The summed E-state index contributed by atoms with van der Waals surface area (Å²) in [5, 5.41) is 13.9. The zero-order chi connectivity index (χ0) is 16.1. The molecule has 1 amide bonds. The van der Waals surface area contributed by atoms with Gasteiger partial charge in [-0.3, -0.25) is 9.59 Å². The molecule has 0 radical (unpaired) electrons. The van der Waals surface area contributed by atoms with Gasteiger partial charge < -0.3 is 20.1 Å². The number of thioether (sulfide) groups is 1. The first kappa shape index (κ1) is 16.0. The molecule has 2 aromatic rings. The minimum Gasteiger partial charge on any atom is -0.493 e. The van der Waals surface area contributed by atoms with E-state index in [9.17, 15) is 19.5 Å². The van der Waals surface area contributed by atoms with Crippen LogP contribution in [0.25, 0.3) is 0 Å². The minimum atomic E-state index is -0.539. The highest BCUT2D eigenvalue weighted by molar-refractivity contribution is 7.99. The molecular formula is C12H11N3O5S2. The summed E-state index contributed by atoms with van der Waals surface area (Å²) in [7, 11) is 1.26. The Morgan fingerprint density at radius 3 is 3.00 bits per heavy atom. The lowest BCUT2D eigenvalue weighted by Crippen LogP contribution is -2.16. The number of thiophene rings is 1. The van der Waals surface area contributed by atoms with Crippen molar-refractivity contribution in [3.05, 3.63) is 33.4 Å². The minimum absolute atomic E-state index is 0.0507. The van der Waals surface area contributed by atoms with Gasteiger partial charge in [0.25, 0.3) is 5.56 Å². The van der Waals surface area contributed by atoms with Gasteiger partial charge >= 0.3 is 5.97 Å². The van der Waals surface area contributed by atoms with Gasteiger partial charge in [0.1, 0.15) is 5.00 Å². The Labute approximate surface area is 132 Å². The molecule has 0 aliphatic rings. The number of aromatic amines is 1. The van der Waals surface area contributed by atoms with Crippen molar-refractivity contribution < 1.29 is 19.4 Å². The quantitative estimate of drug-likeness (QED) is 0.422. The van der Waals surface area contributed by atoms with Crippen molar-refractivity contribution in [1.82, 2.24) is 9.97 Å².